The number of amides is 1. The lowest BCUT2D eigenvalue weighted by molar-refractivity contribution is 0.0623. The van der Waals surface area contributed by atoms with Crippen molar-refractivity contribution in [2.75, 3.05) is 20.2 Å². The zero-order valence-corrected chi connectivity index (χ0v) is 14.1. The van der Waals surface area contributed by atoms with E-state index in [2.05, 4.69) is 9.97 Å². The molecule has 0 bridgehead atoms. The quantitative estimate of drug-likeness (QED) is 0.831. The third-order valence-electron chi connectivity index (χ3n) is 3.98. The van der Waals surface area contributed by atoms with Crippen molar-refractivity contribution in [1.82, 2.24) is 14.9 Å². The normalized spacial score (nSPS) is 14.8. The fourth-order valence-electron chi connectivity index (χ4n) is 2.63. The van der Waals surface area contributed by atoms with Gasteiger partial charge in [-0.1, -0.05) is 30.3 Å². The van der Waals surface area contributed by atoms with Crippen LogP contribution in [-0.4, -0.2) is 47.3 Å². The van der Waals surface area contributed by atoms with Gasteiger partial charge in [0.1, 0.15) is 12.7 Å². The van der Waals surface area contributed by atoms with Gasteiger partial charge in [0, 0.05) is 38.2 Å². The molecule has 25 heavy (non-hydrogen) atoms. The number of piperidine rings is 1. The fraction of sp³-hybridized carbons (Fsp3) is 0.389. The first-order valence-corrected chi connectivity index (χ1v) is 8.24. The van der Waals surface area contributed by atoms with E-state index < -0.39 is 0 Å². The summed E-state index contributed by atoms with van der Waals surface area (Å²) >= 11 is 0. The van der Waals surface area contributed by atoms with Crippen LogP contribution in [0, 0.1) is 0 Å². The maximum Gasteiger partial charge on any atom is 0.410 e. The maximum atomic E-state index is 12.1. The van der Waals surface area contributed by atoms with E-state index in [0.29, 0.717) is 19.0 Å². The first-order chi connectivity index (χ1) is 12.2. The standard InChI is InChI=1S/C18H21N3O4/c1-23-17-19-10-7-16(20-17)25-15-8-11-21(12-9-15)18(22)24-13-14-5-3-2-4-6-14/h2-7,10,15H,8-9,11-13H2,1H3. The van der Waals surface area contributed by atoms with Gasteiger partial charge in [-0.15, -0.1) is 0 Å². The second-order valence-corrected chi connectivity index (χ2v) is 5.73. The number of hydrogen-bond donors (Lipinski definition) is 0. The number of nitrogens with zero attached hydrogens (tertiary/aromatic N) is 3. The first-order valence-electron chi connectivity index (χ1n) is 8.24. The van der Waals surface area contributed by atoms with E-state index in [0.717, 1.165) is 18.4 Å². The second-order valence-electron chi connectivity index (χ2n) is 5.73. The third-order valence-corrected chi connectivity index (χ3v) is 3.98. The second kappa shape index (κ2) is 8.32. The van der Waals surface area contributed by atoms with Gasteiger partial charge in [0.25, 0.3) is 0 Å². The summed E-state index contributed by atoms with van der Waals surface area (Å²) in [5.41, 5.74) is 0.978. The zero-order valence-electron chi connectivity index (χ0n) is 14.1. The number of rotatable bonds is 5. The van der Waals surface area contributed by atoms with Gasteiger partial charge in [0.2, 0.25) is 5.88 Å². The molecule has 0 radical (unpaired) electrons. The molecule has 0 spiro atoms. The maximum absolute atomic E-state index is 12.1. The minimum Gasteiger partial charge on any atom is -0.474 e. The molecular weight excluding hydrogens is 322 g/mol. The highest BCUT2D eigenvalue weighted by molar-refractivity contribution is 5.67. The number of likely N-dealkylation sites (tertiary alicyclic amines) is 1. The molecule has 3 rings (SSSR count). The van der Waals surface area contributed by atoms with E-state index in [9.17, 15) is 4.79 Å². The van der Waals surface area contributed by atoms with Gasteiger partial charge in [-0.05, 0) is 5.56 Å². The van der Waals surface area contributed by atoms with Crippen LogP contribution in [0.4, 0.5) is 4.79 Å². The van der Waals surface area contributed by atoms with Crippen LogP contribution in [-0.2, 0) is 11.3 Å². The van der Waals surface area contributed by atoms with Crippen LogP contribution >= 0.6 is 0 Å². The summed E-state index contributed by atoms with van der Waals surface area (Å²) in [6, 6.07) is 11.6. The van der Waals surface area contributed by atoms with Gasteiger partial charge in [-0.3, -0.25) is 0 Å². The number of benzene rings is 1. The van der Waals surface area contributed by atoms with E-state index in [1.165, 1.54) is 7.11 Å². The van der Waals surface area contributed by atoms with Crippen molar-refractivity contribution in [2.45, 2.75) is 25.6 Å². The van der Waals surface area contributed by atoms with Crippen LogP contribution in [0.1, 0.15) is 18.4 Å². The van der Waals surface area contributed by atoms with Crippen molar-refractivity contribution < 1.29 is 19.0 Å². The van der Waals surface area contributed by atoms with Gasteiger partial charge in [0.05, 0.1) is 7.11 Å². The van der Waals surface area contributed by atoms with Crippen LogP contribution in [0.15, 0.2) is 42.6 Å². The number of methoxy groups -OCH3 is 1. The molecule has 1 amide bonds. The van der Waals surface area contributed by atoms with Crippen molar-refractivity contribution in [3.8, 4) is 11.9 Å². The Balaban J connectivity index is 1.44. The lowest BCUT2D eigenvalue weighted by Gasteiger charge is -2.31. The van der Waals surface area contributed by atoms with Crippen LogP contribution in [0.2, 0.25) is 0 Å². The predicted octanol–water partition coefficient (Wildman–Crippen LogP) is 2.67. The average molecular weight is 343 g/mol. The first kappa shape index (κ1) is 17.0. The molecule has 132 valence electrons. The smallest absolute Gasteiger partial charge is 0.410 e. The van der Waals surface area contributed by atoms with E-state index in [4.69, 9.17) is 14.2 Å². The Labute approximate surface area is 146 Å². The Bertz CT molecular complexity index is 688. The van der Waals surface area contributed by atoms with Gasteiger partial charge >= 0.3 is 12.1 Å². The van der Waals surface area contributed by atoms with Crippen molar-refractivity contribution >= 4 is 6.09 Å². The Morgan fingerprint density at radius 2 is 1.96 bits per heavy atom. The number of aromatic nitrogens is 2. The molecule has 0 atom stereocenters. The highest BCUT2D eigenvalue weighted by atomic mass is 16.6. The molecule has 7 heteroatoms. The molecule has 1 aromatic carbocycles. The summed E-state index contributed by atoms with van der Waals surface area (Å²) in [7, 11) is 1.51. The highest BCUT2D eigenvalue weighted by Gasteiger charge is 2.25. The van der Waals surface area contributed by atoms with Gasteiger partial charge in [-0.2, -0.15) is 4.98 Å². The summed E-state index contributed by atoms with van der Waals surface area (Å²) in [5, 5.41) is 0. The minimum absolute atomic E-state index is 0.0118. The molecule has 0 saturated carbocycles. The number of ether oxygens (including phenoxy) is 3. The zero-order chi connectivity index (χ0) is 17.5. The summed E-state index contributed by atoms with van der Waals surface area (Å²) in [4.78, 5) is 21.9. The Morgan fingerprint density at radius 3 is 2.68 bits per heavy atom. The molecule has 7 nitrogen and oxygen atoms in total. The van der Waals surface area contributed by atoms with Crippen molar-refractivity contribution in [2.24, 2.45) is 0 Å². The molecule has 0 N–H and O–H groups in total. The molecular formula is C18H21N3O4. The van der Waals surface area contributed by atoms with Gasteiger partial charge in [-0.25, -0.2) is 9.78 Å². The average Bonchev–Trinajstić information content (AvgIpc) is 2.67. The van der Waals surface area contributed by atoms with Gasteiger partial charge < -0.3 is 19.1 Å². The SMILES string of the molecule is COc1nccc(OC2CCN(C(=O)OCc3ccccc3)CC2)n1. The lowest BCUT2D eigenvalue weighted by Crippen LogP contribution is -2.42. The molecule has 2 aromatic rings. The van der Waals surface area contributed by atoms with Crippen molar-refractivity contribution in [3.63, 3.8) is 0 Å². The van der Waals surface area contributed by atoms with E-state index in [1.54, 1.807) is 17.2 Å². The molecule has 2 heterocycles. The van der Waals surface area contributed by atoms with Crippen LogP contribution in [0.3, 0.4) is 0 Å². The Hall–Kier alpha value is -2.83. The van der Waals surface area contributed by atoms with E-state index in [-0.39, 0.29) is 24.8 Å². The lowest BCUT2D eigenvalue weighted by atomic mass is 10.1. The van der Waals surface area contributed by atoms with Crippen LogP contribution < -0.4 is 9.47 Å². The topological polar surface area (TPSA) is 73.8 Å². The fourth-order valence-corrected chi connectivity index (χ4v) is 2.63. The number of carbonyl (C=O) groups excluding carboxylic acids is 1. The highest BCUT2D eigenvalue weighted by Crippen LogP contribution is 2.19. The summed E-state index contributed by atoms with van der Waals surface area (Å²) in [6.45, 7) is 1.48. The molecule has 1 aliphatic heterocycles. The largest absolute Gasteiger partial charge is 0.474 e. The molecule has 1 aliphatic rings. The summed E-state index contributed by atoms with van der Waals surface area (Å²) < 4.78 is 16.2. The molecule has 1 saturated heterocycles. The summed E-state index contributed by atoms with van der Waals surface area (Å²) in [6.07, 6.45) is 2.78. The number of hydrogen-bond acceptors (Lipinski definition) is 6. The van der Waals surface area contributed by atoms with Crippen LogP contribution in [0.5, 0.6) is 11.9 Å². The molecule has 0 aliphatic carbocycles. The Kier molecular flexibility index (Phi) is 5.66. The molecule has 1 fully saturated rings. The molecule has 1 aromatic heterocycles. The van der Waals surface area contributed by atoms with E-state index in [1.807, 2.05) is 30.3 Å². The molecule has 0 unspecified atom stereocenters. The van der Waals surface area contributed by atoms with Crippen molar-refractivity contribution in [1.29, 1.82) is 0 Å². The minimum atomic E-state index is -0.286. The van der Waals surface area contributed by atoms with E-state index >= 15 is 0 Å². The Morgan fingerprint density at radius 1 is 1.20 bits per heavy atom. The summed E-state index contributed by atoms with van der Waals surface area (Å²) in [5.74, 6) is 0.483. The van der Waals surface area contributed by atoms with Crippen LogP contribution in [0.25, 0.3) is 0 Å². The monoisotopic (exact) mass is 343 g/mol. The van der Waals surface area contributed by atoms with Crippen molar-refractivity contribution in [3.05, 3.63) is 48.2 Å². The predicted molar refractivity (Wildman–Crippen MR) is 90.4 cm³/mol. The number of carbonyl (C=O) groups is 1. The van der Waals surface area contributed by atoms with Gasteiger partial charge in [0.15, 0.2) is 0 Å². The third kappa shape index (κ3) is 4.82.